The number of sulfonamides is 1. The number of nitrogens with one attached hydrogen (secondary N) is 1. The molecule has 1 aliphatic carbocycles. The third-order valence-electron chi connectivity index (χ3n) is 6.41. The summed E-state index contributed by atoms with van der Waals surface area (Å²) in [5, 5.41) is 0.868. The van der Waals surface area contributed by atoms with Gasteiger partial charge in [-0.2, -0.15) is 4.31 Å². The van der Waals surface area contributed by atoms with Gasteiger partial charge in [0.2, 0.25) is 10.0 Å². The van der Waals surface area contributed by atoms with Crippen LogP contribution in [-0.2, 0) is 22.9 Å². The van der Waals surface area contributed by atoms with Crippen LogP contribution in [0.3, 0.4) is 0 Å². The zero-order valence-corrected chi connectivity index (χ0v) is 18.7. The second-order valence-electron chi connectivity index (χ2n) is 9.12. The van der Waals surface area contributed by atoms with Crippen LogP contribution in [0.5, 0.6) is 0 Å². The van der Waals surface area contributed by atoms with Gasteiger partial charge in [-0.25, -0.2) is 8.42 Å². The molecule has 0 amide bonds. The Morgan fingerprint density at radius 1 is 1.07 bits per heavy atom. The standard InChI is InChI=1S/C22H31N3O3S/c1-5-15-11-16-17(23-18-13-22(3,4)14-19(26)21(16)18)12-20(15)29(27,28)25-9-7-24(6-2)8-10-25/h11-12,23H,5-10,13-14H2,1-4H3. The lowest BCUT2D eigenvalue weighted by Gasteiger charge is -2.33. The lowest BCUT2D eigenvalue weighted by Crippen LogP contribution is -2.48. The quantitative estimate of drug-likeness (QED) is 0.829. The van der Waals surface area contributed by atoms with Crippen molar-refractivity contribution in [2.75, 3.05) is 32.7 Å². The van der Waals surface area contributed by atoms with E-state index in [1.54, 1.807) is 10.4 Å². The summed E-state index contributed by atoms with van der Waals surface area (Å²) in [6, 6.07) is 3.68. The molecule has 1 aromatic carbocycles. The molecule has 6 nitrogen and oxygen atoms in total. The minimum Gasteiger partial charge on any atom is -0.358 e. The first-order valence-corrected chi connectivity index (χ1v) is 12.0. The number of H-pyrrole nitrogens is 1. The van der Waals surface area contributed by atoms with E-state index in [2.05, 4.69) is 30.7 Å². The van der Waals surface area contributed by atoms with Crippen LogP contribution in [0.4, 0.5) is 0 Å². The first-order valence-electron chi connectivity index (χ1n) is 10.6. The predicted octanol–water partition coefficient (Wildman–Crippen LogP) is 3.21. The summed E-state index contributed by atoms with van der Waals surface area (Å²) in [4.78, 5) is 18.8. The number of benzene rings is 1. The minimum atomic E-state index is -3.56. The van der Waals surface area contributed by atoms with Crippen molar-refractivity contribution in [3.8, 4) is 0 Å². The Bertz CT molecular complexity index is 1060. The average Bonchev–Trinajstić information content (AvgIpc) is 3.02. The number of piperazine rings is 1. The number of rotatable bonds is 4. The molecule has 7 heteroatoms. The van der Waals surface area contributed by atoms with Crippen LogP contribution in [0, 0.1) is 5.41 Å². The molecule has 0 radical (unpaired) electrons. The molecule has 1 saturated heterocycles. The van der Waals surface area contributed by atoms with Crippen LogP contribution in [-0.4, -0.2) is 61.1 Å². The van der Waals surface area contributed by atoms with E-state index in [0.717, 1.165) is 53.8 Å². The lowest BCUT2D eigenvalue weighted by molar-refractivity contribution is 0.0913. The third kappa shape index (κ3) is 3.53. The van der Waals surface area contributed by atoms with Crippen molar-refractivity contribution in [1.82, 2.24) is 14.2 Å². The largest absolute Gasteiger partial charge is 0.358 e. The van der Waals surface area contributed by atoms with E-state index in [1.165, 1.54) is 0 Å². The molecule has 158 valence electrons. The summed E-state index contributed by atoms with van der Waals surface area (Å²) in [7, 11) is -3.56. The molecule has 0 saturated carbocycles. The maximum Gasteiger partial charge on any atom is 0.243 e. The third-order valence-corrected chi connectivity index (χ3v) is 8.39. The molecular formula is C22H31N3O3S. The van der Waals surface area contributed by atoms with Crippen LogP contribution >= 0.6 is 0 Å². The summed E-state index contributed by atoms with van der Waals surface area (Å²) < 4.78 is 28.5. The summed E-state index contributed by atoms with van der Waals surface area (Å²) >= 11 is 0. The normalized spacial score (nSPS) is 20.9. The van der Waals surface area contributed by atoms with Gasteiger partial charge >= 0.3 is 0 Å². The van der Waals surface area contributed by atoms with Gasteiger partial charge in [-0.1, -0.05) is 27.7 Å². The SMILES string of the molecule is CCc1cc2c3c([nH]c2cc1S(=O)(=O)N1CCN(CC)CC1)CC(C)(C)CC3=O. The lowest BCUT2D eigenvalue weighted by atomic mass is 9.76. The highest BCUT2D eigenvalue weighted by atomic mass is 32.2. The Kier molecular flexibility index (Phi) is 5.12. The van der Waals surface area contributed by atoms with Crippen LogP contribution in [0.15, 0.2) is 17.0 Å². The smallest absolute Gasteiger partial charge is 0.243 e. The maximum atomic E-state index is 13.4. The maximum absolute atomic E-state index is 13.4. The molecule has 0 unspecified atom stereocenters. The second-order valence-corrected chi connectivity index (χ2v) is 11.0. The van der Waals surface area contributed by atoms with Gasteiger partial charge in [0.25, 0.3) is 0 Å². The fraction of sp³-hybridized carbons (Fsp3) is 0.591. The van der Waals surface area contributed by atoms with E-state index in [4.69, 9.17) is 0 Å². The Morgan fingerprint density at radius 3 is 2.38 bits per heavy atom. The number of carbonyl (C=O) groups excluding carboxylic acids is 1. The molecule has 1 aliphatic heterocycles. The average molecular weight is 418 g/mol. The summed E-state index contributed by atoms with van der Waals surface area (Å²) in [6.07, 6.45) is 1.93. The highest BCUT2D eigenvalue weighted by Gasteiger charge is 2.35. The van der Waals surface area contributed by atoms with E-state index in [-0.39, 0.29) is 11.2 Å². The van der Waals surface area contributed by atoms with Crippen LogP contribution < -0.4 is 0 Å². The highest BCUT2D eigenvalue weighted by molar-refractivity contribution is 7.89. The van der Waals surface area contributed by atoms with Crippen molar-refractivity contribution in [1.29, 1.82) is 0 Å². The van der Waals surface area contributed by atoms with Crippen molar-refractivity contribution in [2.45, 2.75) is 51.9 Å². The van der Waals surface area contributed by atoms with Gasteiger partial charge in [0.1, 0.15) is 0 Å². The molecule has 1 N–H and O–H groups in total. The van der Waals surface area contributed by atoms with Gasteiger partial charge in [-0.15, -0.1) is 0 Å². The fourth-order valence-corrected chi connectivity index (χ4v) is 6.50. The van der Waals surface area contributed by atoms with Crippen molar-refractivity contribution in [2.24, 2.45) is 5.41 Å². The number of fused-ring (bicyclic) bond motifs is 3. The minimum absolute atomic E-state index is 0.0770. The molecule has 2 heterocycles. The first kappa shape index (κ1) is 20.6. The Morgan fingerprint density at radius 2 is 1.76 bits per heavy atom. The first-order chi connectivity index (χ1) is 13.7. The van der Waals surface area contributed by atoms with Crippen molar-refractivity contribution >= 4 is 26.7 Å². The topological polar surface area (TPSA) is 73.5 Å². The van der Waals surface area contributed by atoms with Gasteiger partial charge in [-0.05, 0) is 42.5 Å². The van der Waals surface area contributed by atoms with E-state index in [9.17, 15) is 13.2 Å². The molecule has 0 atom stereocenters. The summed E-state index contributed by atoms with van der Waals surface area (Å²) in [5.41, 5.74) is 3.16. The highest BCUT2D eigenvalue weighted by Crippen LogP contribution is 2.39. The van der Waals surface area contributed by atoms with Gasteiger partial charge < -0.3 is 9.88 Å². The number of aryl methyl sites for hydroxylation is 1. The number of aromatic amines is 1. The molecule has 1 aromatic heterocycles. The Balaban J connectivity index is 1.79. The number of likely N-dealkylation sites (N-methyl/N-ethyl adjacent to an activating group) is 1. The predicted molar refractivity (Wildman–Crippen MR) is 115 cm³/mol. The van der Waals surface area contributed by atoms with Gasteiger partial charge in [0.05, 0.1) is 4.90 Å². The van der Waals surface area contributed by atoms with E-state index < -0.39 is 10.0 Å². The number of carbonyl (C=O) groups is 1. The van der Waals surface area contributed by atoms with Gasteiger partial charge in [0.15, 0.2) is 5.78 Å². The number of hydrogen-bond donors (Lipinski definition) is 1. The summed E-state index contributed by atoms with van der Waals surface area (Å²) in [5.74, 6) is 0.149. The van der Waals surface area contributed by atoms with Crippen LogP contribution in [0.2, 0.25) is 0 Å². The second kappa shape index (κ2) is 7.22. The van der Waals surface area contributed by atoms with E-state index >= 15 is 0 Å². The molecule has 0 bridgehead atoms. The number of Topliss-reactive ketones (excluding diaryl/α,β-unsaturated/α-hetero) is 1. The van der Waals surface area contributed by atoms with Crippen LogP contribution in [0.1, 0.15) is 55.7 Å². The summed E-state index contributed by atoms with van der Waals surface area (Å²) in [6.45, 7) is 11.8. The number of ketones is 1. The fourth-order valence-electron chi connectivity index (χ4n) is 4.78. The van der Waals surface area contributed by atoms with Crippen LogP contribution in [0.25, 0.3) is 10.9 Å². The number of aromatic nitrogens is 1. The monoisotopic (exact) mass is 417 g/mol. The Labute approximate surface area is 173 Å². The molecule has 4 rings (SSSR count). The van der Waals surface area contributed by atoms with Gasteiger partial charge in [-0.3, -0.25) is 4.79 Å². The molecule has 2 aliphatic rings. The van der Waals surface area contributed by atoms with Crippen molar-refractivity contribution in [3.05, 3.63) is 29.0 Å². The van der Waals surface area contributed by atoms with Gasteiger partial charge in [0, 0.05) is 54.8 Å². The molecule has 1 fully saturated rings. The number of hydrogen-bond acceptors (Lipinski definition) is 4. The molecule has 29 heavy (non-hydrogen) atoms. The molecular weight excluding hydrogens is 386 g/mol. The molecule has 0 spiro atoms. The van der Waals surface area contributed by atoms with E-state index in [1.807, 2.05) is 13.0 Å². The number of nitrogens with zero attached hydrogens (tertiary/aromatic N) is 2. The van der Waals surface area contributed by atoms with Crippen molar-refractivity contribution in [3.63, 3.8) is 0 Å². The van der Waals surface area contributed by atoms with Crippen molar-refractivity contribution < 1.29 is 13.2 Å². The zero-order valence-electron chi connectivity index (χ0n) is 17.8. The Hall–Kier alpha value is -1.70. The molecule has 2 aromatic rings. The van der Waals surface area contributed by atoms with E-state index in [0.29, 0.717) is 30.8 Å². The zero-order chi connectivity index (χ0) is 21.0.